The van der Waals surface area contributed by atoms with Crippen LogP contribution < -0.4 is 0 Å². The summed E-state index contributed by atoms with van der Waals surface area (Å²) in [4.78, 5) is 0.604. The largest absolute Gasteiger partial charge is 0.288 e. The molecule has 0 saturated heterocycles. The normalized spacial score (nSPS) is 7.89. The summed E-state index contributed by atoms with van der Waals surface area (Å²) in [5.41, 5.74) is 0. The van der Waals surface area contributed by atoms with Crippen molar-refractivity contribution >= 4 is 17.2 Å². The summed E-state index contributed by atoms with van der Waals surface area (Å²) < 4.78 is 0. The predicted molar refractivity (Wildman–Crippen MR) is 37.1 cm³/mol. The molecule has 0 aliphatic heterocycles. The molecule has 0 aliphatic carbocycles. The first kappa shape index (κ1) is 12.2. The topological polar surface area (TPSA) is 23.5 Å². The molecule has 9 heavy (non-hydrogen) atoms. The minimum absolute atomic E-state index is 0. The van der Waals surface area contributed by atoms with Gasteiger partial charge >= 0.3 is 0 Å². The van der Waals surface area contributed by atoms with Crippen molar-refractivity contribution in [1.82, 2.24) is 5.06 Å². The van der Waals surface area contributed by atoms with Crippen molar-refractivity contribution in [2.75, 3.05) is 7.05 Å². The molecule has 0 heterocycles. The van der Waals surface area contributed by atoms with Crippen LogP contribution in [0.2, 0.25) is 0 Å². The van der Waals surface area contributed by atoms with E-state index in [0.717, 1.165) is 17.9 Å². The minimum atomic E-state index is 0. The van der Waals surface area contributed by atoms with Gasteiger partial charge in [-0.25, -0.2) is 0 Å². The van der Waals surface area contributed by atoms with Crippen molar-refractivity contribution in [3.8, 4) is 0 Å². The van der Waals surface area contributed by atoms with E-state index in [1.54, 1.807) is 0 Å². The van der Waals surface area contributed by atoms with E-state index in [2.05, 4.69) is 0 Å². The van der Waals surface area contributed by atoms with Crippen LogP contribution >= 0.6 is 12.2 Å². The van der Waals surface area contributed by atoms with Crippen LogP contribution in [0, 0.1) is 0 Å². The van der Waals surface area contributed by atoms with Gasteiger partial charge in [0.2, 0.25) is 0 Å². The first-order chi connectivity index (χ1) is 3.68. The van der Waals surface area contributed by atoms with Gasteiger partial charge < -0.3 is 0 Å². The number of rotatable bonds is 2. The third-order valence-corrected chi connectivity index (χ3v) is 1.29. The van der Waals surface area contributed by atoms with Crippen molar-refractivity contribution in [3.05, 3.63) is 0 Å². The van der Waals surface area contributed by atoms with Crippen LogP contribution in [0.5, 0.6) is 0 Å². The molecule has 0 bridgehead atoms. The molecule has 0 radical (unpaired) electrons. The van der Waals surface area contributed by atoms with E-state index in [-0.39, 0.29) is 19.5 Å². The number of hydrogen-bond acceptors (Lipinski definition) is 2. The Kier molecular flexibility index (Phi) is 8.92. The van der Waals surface area contributed by atoms with Crippen molar-refractivity contribution in [1.29, 1.82) is 0 Å². The molecule has 0 unspecified atom stereocenters. The van der Waals surface area contributed by atoms with Crippen molar-refractivity contribution in [3.63, 3.8) is 0 Å². The summed E-state index contributed by atoms with van der Waals surface area (Å²) in [6, 6.07) is 0. The zero-order valence-corrected chi connectivity index (χ0v) is 9.71. The monoisotopic (exact) mass is 197 g/mol. The average molecular weight is 199 g/mol. The number of hydrogen-bond donors (Lipinski definition) is 1. The van der Waals surface area contributed by atoms with Crippen molar-refractivity contribution < 1.29 is 24.7 Å². The van der Waals surface area contributed by atoms with Crippen LogP contribution in [0.25, 0.3) is 0 Å². The van der Waals surface area contributed by atoms with E-state index in [0.29, 0.717) is 4.99 Å². The standard InChI is InChI=1S/C5H11NOS.Zn/c1-3-4-5(8)6(2)7;/h7H,3-4H2,1-2H3;. The number of nitrogens with zero attached hydrogens (tertiary/aromatic N) is 1. The smallest absolute Gasteiger partial charge is 0.103 e. The van der Waals surface area contributed by atoms with E-state index in [1.807, 2.05) is 6.92 Å². The summed E-state index contributed by atoms with van der Waals surface area (Å²) in [5, 5.41) is 9.63. The summed E-state index contributed by atoms with van der Waals surface area (Å²) in [6.07, 6.45) is 1.78. The first-order valence-electron chi connectivity index (χ1n) is 2.64. The van der Waals surface area contributed by atoms with E-state index < -0.39 is 0 Å². The quantitative estimate of drug-likeness (QED) is 0.413. The van der Waals surface area contributed by atoms with Crippen LogP contribution in [0.1, 0.15) is 19.8 Å². The van der Waals surface area contributed by atoms with E-state index >= 15 is 0 Å². The second kappa shape index (κ2) is 6.59. The Morgan fingerprint density at radius 2 is 2.11 bits per heavy atom. The average Bonchev–Trinajstić information content (AvgIpc) is 1.67. The van der Waals surface area contributed by atoms with E-state index in [9.17, 15) is 0 Å². The van der Waals surface area contributed by atoms with Gasteiger partial charge in [-0.05, 0) is 12.8 Å². The summed E-state index contributed by atoms with van der Waals surface area (Å²) >= 11 is 4.75. The zero-order valence-electron chi connectivity index (χ0n) is 5.92. The predicted octanol–water partition coefficient (Wildman–Crippen LogP) is 1.43. The molecule has 0 fully saturated rings. The zero-order chi connectivity index (χ0) is 6.57. The van der Waals surface area contributed by atoms with Gasteiger partial charge in [0.15, 0.2) is 0 Å². The summed E-state index contributed by atoms with van der Waals surface area (Å²) in [6.45, 7) is 2.02. The molecule has 0 amide bonds. The van der Waals surface area contributed by atoms with Crippen molar-refractivity contribution in [2.45, 2.75) is 19.8 Å². The second-order valence-electron chi connectivity index (χ2n) is 1.67. The van der Waals surface area contributed by atoms with Gasteiger partial charge in [0.1, 0.15) is 4.99 Å². The van der Waals surface area contributed by atoms with Crippen LogP contribution in [-0.4, -0.2) is 22.3 Å². The molecule has 0 aromatic rings. The fraction of sp³-hybridized carbons (Fsp3) is 0.800. The third kappa shape index (κ3) is 6.36. The molecule has 0 aromatic heterocycles. The van der Waals surface area contributed by atoms with Gasteiger partial charge in [-0.3, -0.25) is 10.3 Å². The van der Waals surface area contributed by atoms with Gasteiger partial charge in [0.05, 0.1) is 0 Å². The molecule has 1 N–H and O–H groups in total. The third-order valence-electron chi connectivity index (χ3n) is 0.825. The first-order valence-corrected chi connectivity index (χ1v) is 3.04. The Labute approximate surface area is 73.9 Å². The molecule has 0 rings (SSSR count). The Hall–Kier alpha value is 0.473. The van der Waals surface area contributed by atoms with Crippen molar-refractivity contribution in [2.24, 2.45) is 0 Å². The van der Waals surface area contributed by atoms with E-state index in [4.69, 9.17) is 17.4 Å². The fourth-order valence-corrected chi connectivity index (χ4v) is 0.580. The Bertz CT molecular complexity index is 87.0. The molecule has 4 heteroatoms. The summed E-state index contributed by atoms with van der Waals surface area (Å²) in [7, 11) is 1.54. The Balaban J connectivity index is 0. The molecule has 0 aromatic carbocycles. The Morgan fingerprint density at radius 1 is 1.67 bits per heavy atom. The molecule has 50 valence electrons. The van der Waals surface area contributed by atoms with Crippen LogP contribution in [0.3, 0.4) is 0 Å². The molecule has 2 nitrogen and oxygen atoms in total. The second-order valence-corrected chi connectivity index (χ2v) is 2.14. The molecule has 0 spiro atoms. The maximum absolute atomic E-state index is 8.64. The van der Waals surface area contributed by atoms with Gasteiger partial charge in [-0.2, -0.15) is 0 Å². The number of thiocarbonyl (C=S) groups is 1. The maximum atomic E-state index is 8.64. The van der Waals surface area contributed by atoms with Crippen LogP contribution in [0.4, 0.5) is 0 Å². The molecular formula is C5H11NOSZn. The molecular weight excluding hydrogens is 188 g/mol. The van der Waals surface area contributed by atoms with Gasteiger partial charge in [0, 0.05) is 26.5 Å². The maximum Gasteiger partial charge on any atom is 0.103 e. The van der Waals surface area contributed by atoms with Gasteiger partial charge in [-0.1, -0.05) is 19.1 Å². The molecule has 0 aliphatic rings. The summed E-state index contributed by atoms with van der Waals surface area (Å²) in [5.74, 6) is 0. The van der Waals surface area contributed by atoms with Gasteiger partial charge in [-0.15, -0.1) is 0 Å². The van der Waals surface area contributed by atoms with Crippen LogP contribution in [0.15, 0.2) is 0 Å². The van der Waals surface area contributed by atoms with E-state index in [1.165, 1.54) is 7.05 Å². The van der Waals surface area contributed by atoms with Crippen LogP contribution in [-0.2, 0) is 19.5 Å². The minimum Gasteiger partial charge on any atom is -0.288 e. The fourth-order valence-electron chi connectivity index (χ4n) is 0.376. The molecule has 0 saturated carbocycles. The number of hydroxylamine groups is 2. The Morgan fingerprint density at radius 3 is 2.22 bits per heavy atom. The molecule has 0 atom stereocenters. The van der Waals surface area contributed by atoms with Gasteiger partial charge in [0.25, 0.3) is 0 Å². The SMILES string of the molecule is CCCC(=S)N(C)O.[Zn].